The summed E-state index contributed by atoms with van der Waals surface area (Å²) in [5.41, 5.74) is 2.67. The molecule has 23 heavy (non-hydrogen) atoms. The summed E-state index contributed by atoms with van der Waals surface area (Å²) in [7, 11) is 0. The van der Waals surface area contributed by atoms with Crippen LogP contribution in [0.15, 0.2) is 53.0 Å². The highest BCUT2D eigenvalue weighted by atomic mass is 79.9. The van der Waals surface area contributed by atoms with Gasteiger partial charge < -0.3 is 10.1 Å². The van der Waals surface area contributed by atoms with Crippen LogP contribution in [0.25, 0.3) is 0 Å². The maximum atomic E-state index is 5.69. The molecule has 1 unspecified atom stereocenters. The van der Waals surface area contributed by atoms with Gasteiger partial charge in [0.15, 0.2) is 0 Å². The summed E-state index contributed by atoms with van der Waals surface area (Å²) in [6, 6.07) is 17.5. The highest BCUT2D eigenvalue weighted by Crippen LogP contribution is 2.26. The van der Waals surface area contributed by atoms with E-state index in [0.717, 1.165) is 42.6 Å². The van der Waals surface area contributed by atoms with Gasteiger partial charge in [0.05, 0.1) is 11.1 Å². The van der Waals surface area contributed by atoms with Crippen molar-refractivity contribution >= 4 is 15.9 Å². The zero-order chi connectivity index (χ0) is 16.5. The smallest absolute Gasteiger partial charge is 0.133 e. The number of ether oxygens (including phenoxy) is 1. The maximum Gasteiger partial charge on any atom is 0.133 e. The summed E-state index contributed by atoms with van der Waals surface area (Å²) in [4.78, 5) is 0. The molecular weight excluding hydrogens is 350 g/mol. The first-order valence-electron chi connectivity index (χ1n) is 8.37. The minimum atomic E-state index is 0.491. The molecule has 0 amide bonds. The summed E-state index contributed by atoms with van der Waals surface area (Å²) in [5, 5.41) is 3.60. The second-order valence-corrected chi connectivity index (χ2v) is 6.77. The molecule has 0 spiro atoms. The number of rotatable bonds is 9. The van der Waals surface area contributed by atoms with E-state index in [0.29, 0.717) is 6.04 Å². The lowest BCUT2D eigenvalue weighted by Crippen LogP contribution is -2.25. The van der Waals surface area contributed by atoms with Crippen molar-refractivity contribution in [2.24, 2.45) is 0 Å². The van der Waals surface area contributed by atoms with E-state index >= 15 is 0 Å². The molecule has 2 nitrogen and oxygen atoms in total. The van der Waals surface area contributed by atoms with Gasteiger partial charge in [-0.1, -0.05) is 43.3 Å². The molecule has 0 bridgehead atoms. The third kappa shape index (κ3) is 6.36. The zero-order valence-electron chi connectivity index (χ0n) is 14.0. The van der Waals surface area contributed by atoms with Crippen LogP contribution in [-0.2, 0) is 13.0 Å². The van der Waals surface area contributed by atoms with Crippen molar-refractivity contribution in [3.05, 3.63) is 64.1 Å². The van der Waals surface area contributed by atoms with E-state index in [1.165, 1.54) is 11.1 Å². The van der Waals surface area contributed by atoms with Crippen LogP contribution in [0.2, 0.25) is 0 Å². The highest BCUT2D eigenvalue weighted by molar-refractivity contribution is 9.10. The first kappa shape index (κ1) is 18.0. The van der Waals surface area contributed by atoms with Gasteiger partial charge in [-0.2, -0.15) is 0 Å². The van der Waals surface area contributed by atoms with Crippen LogP contribution < -0.4 is 10.1 Å². The first-order valence-corrected chi connectivity index (χ1v) is 9.17. The Morgan fingerprint density at radius 1 is 1.09 bits per heavy atom. The fraction of sp³-hybridized carbons (Fsp3) is 0.400. The number of nitrogens with one attached hydrogen (secondary N) is 1. The summed E-state index contributed by atoms with van der Waals surface area (Å²) in [6.45, 7) is 6.00. The number of benzene rings is 2. The Morgan fingerprint density at radius 3 is 2.57 bits per heavy atom. The van der Waals surface area contributed by atoms with Crippen molar-refractivity contribution in [2.45, 2.75) is 45.7 Å². The Kier molecular flexibility index (Phi) is 7.63. The van der Waals surface area contributed by atoms with Gasteiger partial charge >= 0.3 is 0 Å². The van der Waals surface area contributed by atoms with Crippen molar-refractivity contribution in [3.63, 3.8) is 0 Å². The molecule has 0 heterocycles. The fourth-order valence-electron chi connectivity index (χ4n) is 2.41. The minimum absolute atomic E-state index is 0.491. The second-order valence-electron chi connectivity index (χ2n) is 5.92. The molecule has 2 aromatic carbocycles. The van der Waals surface area contributed by atoms with Crippen molar-refractivity contribution < 1.29 is 4.74 Å². The first-order chi connectivity index (χ1) is 11.2. The number of hydrogen-bond donors (Lipinski definition) is 1. The normalized spacial score (nSPS) is 12.1. The SMILES string of the molecule is CCCOc1ccc(CNC(C)CCc2ccccc2)cc1Br. The van der Waals surface area contributed by atoms with Gasteiger partial charge in [0, 0.05) is 12.6 Å². The molecular formula is C20H26BrNO. The molecule has 0 aliphatic heterocycles. The van der Waals surface area contributed by atoms with Crippen molar-refractivity contribution in [1.29, 1.82) is 0 Å². The Bertz CT molecular complexity index is 585. The van der Waals surface area contributed by atoms with Crippen molar-refractivity contribution in [1.82, 2.24) is 5.32 Å². The molecule has 0 radical (unpaired) electrons. The van der Waals surface area contributed by atoms with Crippen LogP contribution in [0.4, 0.5) is 0 Å². The van der Waals surface area contributed by atoms with Gasteiger partial charge in [0.25, 0.3) is 0 Å². The molecule has 1 N–H and O–H groups in total. The van der Waals surface area contributed by atoms with Gasteiger partial charge in [-0.05, 0) is 65.4 Å². The molecule has 0 saturated heterocycles. The summed E-state index contributed by atoms with van der Waals surface area (Å²) < 4.78 is 6.72. The molecule has 0 fully saturated rings. The van der Waals surface area contributed by atoms with E-state index in [4.69, 9.17) is 4.74 Å². The molecule has 1 atom stereocenters. The number of hydrogen-bond acceptors (Lipinski definition) is 2. The number of halogens is 1. The molecule has 124 valence electrons. The van der Waals surface area contributed by atoms with E-state index in [1.807, 2.05) is 6.07 Å². The van der Waals surface area contributed by atoms with E-state index in [9.17, 15) is 0 Å². The third-order valence-corrected chi connectivity index (χ3v) is 4.44. The molecule has 0 aliphatic carbocycles. The van der Waals surface area contributed by atoms with Crippen LogP contribution in [0.5, 0.6) is 5.75 Å². The second kappa shape index (κ2) is 9.74. The Balaban J connectivity index is 1.77. The average Bonchev–Trinajstić information content (AvgIpc) is 2.58. The standard InChI is InChI=1S/C20H26BrNO/c1-3-13-23-20-12-11-18(14-19(20)21)15-22-16(2)9-10-17-7-5-4-6-8-17/h4-8,11-12,14,16,22H,3,9-10,13,15H2,1-2H3. The van der Waals surface area contributed by atoms with Crippen molar-refractivity contribution in [3.8, 4) is 5.75 Å². The minimum Gasteiger partial charge on any atom is -0.492 e. The topological polar surface area (TPSA) is 21.3 Å². The third-order valence-electron chi connectivity index (χ3n) is 3.82. The van der Waals surface area contributed by atoms with Crippen LogP contribution in [0.1, 0.15) is 37.8 Å². The van der Waals surface area contributed by atoms with E-state index in [2.05, 4.69) is 77.6 Å². The predicted molar refractivity (Wildman–Crippen MR) is 101 cm³/mol. The lowest BCUT2D eigenvalue weighted by molar-refractivity contribution is 0.315. The van der Waals surface area contributed by atoms with Gasteiger partial charge in [-0.3, -0.25) is 0 Å². The molecule has 0 aromatic heterocycles. The summed E-state index contributed by atoms with van der Waals surface area (Å²) >= 11 is 3.59. The Morgan fingerprint density at radius 2 is 1.87 bits per heavy atom. The quantitative estimate of drug-likeness (QED) is 0.637. The largest absolute Gasteiger partial charge is 0.492 e. The average molecular weight is 376 g/mol. The predicted octanol–water partition coefficient (Wildman–Crippen LogP) is 5.35. The van der Waals surface area contributed by atoms with Crippen LogP contribution >= 0.6 is 15.9 Å². The van der Waals surface area contributed by atoms with Crippen molar-refractivity contribution in [2.75, 3.05) is 6.61 Å². The zero-order valence-corrected chi connectivity index (χ0v) is 15.6. The van der Waals surface area contributed by atoms with E-state index in [1.54, 1.807) is 0 Å². The molecule has 2 aromatic rings. The molecule has 0 aliphatic rings. The lowest BCUT2D eigenvalue weighted by atomic mass is 10.1. The lowest BCUT2D eigenvalue weighted by Gasteiger charge is -2.15. The van der Waals surface area contributed by atoms with Crippen LogP contribution in [-0.4, -0.2) is 12.6 Å². The fourth-order valence-corrected chi connectivity index (χ4v) is 2.95. The summed E-state index contributed by atoms with van der Waals surface area (Å²) in [6.07, 6.45) is 3.28. The van der Waals surface area contributed by atoms with Gasteiger partial charge in [0.2, 0.25) is 0 Å². The maximum absolute atomic E-state index is 5.69. The Labute approximate surface area is 148 Å². The molecule has 3 heteroatoms. The van der Waals surface area contributed by atoms with E-state index in [-0.39, 0.29) is 0 Å². The monoisotopic (exact) mass is 375 g/mol. The summed E-state index contributed by atoms with van der Waals surface area (Å²) in [5.74, 6) is 0.924. The van der Waals surface area contributed by atoms with Crippen LogP contribution in [0.3, 0.4) is 0 Å². The molecule has 0 saturated carbocycles. The highest BCUT2D eigenvalue weighted by Gasteiger charge is 2.05. The van der Waals surface area contributed by atoms with Gasteiger partial charge in [-0.15, -0.1) is 0 Å². The van der Waals surface area contributed by atoms with Gasteiger partial charge in [-0.25, -0.2) is 0 Å². The van der Waals surface area contributed by atoms with E-state index < -0.39 is 0 Å². The Hall–Kier alpha value is -1.32. The number of aryl methyl sites for hydroxylation is 1. The van der Waals surface area contributed by atoms with Crippen LogP contribution in [0, 0.1) is 0 Å². The van der Waals surface area contributed by atoms with Gasteiger partial charge in [0.1, 0.15) is 5.75 Å². The molecule has 2 rings (SSSR count).